The van der Waals surface area contributed by atoms with Crippen molar-refractivity contribution in [2.24, 2.45) is 7.05 Å². The summed E-state index contributed by atoms with van der Waals surface area (Å²) in [6.07, 6.45) is 3.73. The molecular formula is C15H14ClN3S. The number of hydrogen-bond acceptors (Lipinski definition) is 3. The number of halogens is 1. The lowest BCUT2D eigenvalue weighted by Crippen LogP contribution is -1.96. The van der Waals surface area contributed by atoms with E-state index in [1.54, 1.807) is 18.0 Å². The standard InChI is InChI=1S/C15H14ClN3S/c1-10-11-5-3-4-6-12(11)18-13(14(10)16)9-20-15-17-7-8-19(15)2/h3-8H,9H2,1-2H3. The molecule has 0 amide bonds. The highest BCUT2D eigenvalue weighted by atomic mass is 35.5. The van der Waals surface area contributed by atoms with Gasteiger partial charge in [0.25, 0.3) is 0 Å². The molecule has 0 bridgehead atoms. The maximum Gasteiger partial charge on any atom is 0.168 e. The van der Waals surface area contributed by atoms with Crippen LogP contribution in [0.5, 0.6) is 0 Å². The van der Waals surface area contributed by atoms with Gasteiger partial charge < -0.3 is 4.57 Å². The molecule has 1 aromatic carbocycles. The van der Waals surface area contributed by atoms with Crippen LogP contribution in [0.15, 0.2) is 41.8 Å². The van der Waals surface area contributed by atoms with Crippen molar-refractivity contribution in [3.63, 3.8) is 0 Å². The highest BCUT2D eigenvalue weighted by Crippen LogP contribution is 2.30. The van der Waals surface area contributed by atoms with Gasteiger partial charge >= 0.3 is 0 Å². The second-order valence-corrected chi connectivity index (χ2v) is 5.94. The molecule has 0 aliphatic heterocycles. The van der Waals surface area contributed by atoms with E-state index in [9.17, 15) is 0 Å². The molecule has 0 unspecified atom stereocenters. The van der Waals surface area contributed by atoms with E-state index in [4.69, 9.17) is 11.6 Å². The Labute approximate surface area is 127 Å². The molecule has 0 aliphatic rings. The Bertz CT molecular complexity index is 767. The maximum absolute atomic E-state index is 6.45. The second-order valence-electron chi connectivity index (χ2n) is 4.62. The number of pyridine rings is 1. The SMILES string of the molecule is Cc1c(Cl)c(CSc2nccn2C)nc2ccccc12. The first-order valence-corrected chi connectivity index (χ1v) is 7.67. The van der Waals surface area contributed by atoms with Crippen molar-refractivity contribution in [3.05, 3.63) is 52.9 Å². The predicted molar refractivity (Wildman–Crippen MR) is 84.3 cm³/mol. The fourth-order valence-corrected chi connectivity index (χ4v) is 3.30. The normalized spacial score (nSPS) is 11.2. The summed E-state index contributed by atoms with van der Waals surface area (Å²) >= 11 is 8.09. The van der Waals surface area contributed by atoms with Crippen LogP contribution in [0.4, 0.5) is 0 Å². The van der Waals surface area contributed by atoms with E-state index in [1.165, 1.54) is 0 Å². The Morgan fingerprint density at radius 1 is 1.30 bits per heavy atom. The summed E-state index contributed by atoms with van der Waals surface area (Å²) < 4.78 is 1.99. The number of aryl methyl sites for hydroxylation is 2. The van der Waals surface area contributed by atoms with Crippen molar-refractivity contribution in [1.82, 2.24) is 14.5 Å². The summed E-state index contributed by atoms with van der Waals surface area (Å²) in [5, 5.41) is 2.84. The Hall–Kier alpha value is -1.52. The number of rotatable bonds is 3. The van der Waals surface area contributed by atoms with Gasteiger partial charge in [0, 0.05) is 30.6 Å². The van der Waals surface area contributed by atoms with E-state index >= 15 is 0 Å². The van der Waals surface area contributed by atoms with Gasteiger partial charge in [-0.15, -0.1) is 0 Å². The molecule has 0 N–H and O–H groups in total. The highest BCUT2D eigenvalue weighted by molar-refractivity contribution is 7.98. The Morgan fingerprint density at radius 3 is 2.85 bits per heavy atom. The topological polar surface area (TPSA) is 30.7 Å². The molecule has 0 spiro atoms. The molecule has 0 radical (unpaired) electrons. The molecule has 0 atom stereocenters. The van der Waals surface area contributed by atoms with Gasteiger partial charge in [0.05, 0.1) is 16.2 Å². The van der Waals surface area contributed by atoms with Gasteiger partial charge in [-0.2, -0.15) is 0 Å². The van der Waals surface area contributed by atoms with E-state index in [-0.39, 0.29) is 0 Å². The Kier molecular flexibility index (Phi) is 3.68. The van der Waals surface area contributed by atoms with Crippen LogP contribution in [-0.2, 0) is 12.8 Å². The Morgan fingerprint density at radius 2 is 2.10 bits per heavy atom. The number of hydrogen-bond donors (Lipinski definition) is 0. The van der Waals surface area contributed by atoms with Gasteiger partial charge in [-0.25, -0.2) is 4.98 Å². The van der Waals surface area contributed by atoms with Gasteiger partial charge in [-0.1, -0.05) is 41.6 Å². The molecule has 2 aromatic heterocycles. The third-order valence-electron chi connectivity index (χ3n) is 3.26. The zero-order chi connectivity index (χ0) is 14.1. The van der Waals surface area contributed by atoms with Crippen LogP contribution >= 0.6 is 23.4 Å². The molecule has 3 aromatic rings. The summed E-state index contributed by atoms with van der Waals surface area (Å²) in [6, 6.07) is 8.08. The average Bonchev–Trinajstić information content (AvgIpc) is 2.87. The number of fused-ring (bicyclic) bond motifs is 1. The van der Waals surface area contributed by atoms with E-state index in [0.29, 0.717) is 0 Å². The van der Waals surface area contributed by atoms with Gasteiger partial charge in [0.15, 0.2) is 5.16 Å². The van der Waals surface area contributed by atoms with Crippen molar-refractivity contribution in [2.45, 2.75) is 17.8 Å². The number of imidazole rings is 1. The summed E-state index contributed by atoms with van der Waals surface area (Å²) in [4.78, 5) is 8.98. The molecule has 3 nitrogen and oxygen atoms in total. The number of para-hydroxylation sites is 1. The first kappa shape index (κ1) is 13.5. The van der Waals surface area contributed by atoms with Crippen molar-refractivity contribution in [2.75, 3.05) is 0 Å². The first-order chi connectivity index (χ1) is 9.66. The molecule has 0 aliphatic carbocycles. The summed E-state index contributed by atoms with van der Waals surface area (Å²) in [7, 11) is 1.98. The molecule has 0 fully saturated rings. The summed E-state index contributed by atoms with van der Waals surface area (Å²) in [5.41, 5.74) is 2.99. The van der Waals surface area contributed by atoms with E-state index in [0.717, 1.165) is 38.1 Å². The molecule has 102 valence electrons. The fourth-order valence-electron chi connectivity index (χ4n) is 2.14. The summed E-state index contributed by atoms with van der Waals surface area (Å²) in [6.45, 7) is 2.04. The fraction of sp³-hybridized carbons (Fsp3) is 0.200. The quantitative estimate of drug-likeness (QED) is 0.679. The van der Waals surface area contributed by atoms with Crippen molar-refractivity contribution in [1.29, 1.82) is 0 Å². The zero-order valence-electron chi connectivity index (χ0n) is 11.3. The number of thioether (sulfide) groups is 1. The van der Waals surface area contributed by atoms with Crippen molar-refractivity contribution in [3.8, 4) is 0 Å². The smallest absolute Gasteiger partial charge is 0.168 e. The molecule has 20 heavy (non-hydrogen) atoms. The highest BCUT2D eigenvalue weighted by Gasteiger charge is 2.11. The van der Waals surface area contributed by atoms with Crippen LogP contribution in [0.2, 0.25) is 5.02 Å². The second kappa shape index (κ2) is 5.46. The lowest BCUT2D eigenvalue weighted by molar-refractivity contribution is 0.789. The third kappa shape index (κ3) is 2.41. The van der Waals surface area contributed by atoms with E-state index in [2.05, 4.69) is 16.0 Å². The van der Waals surface area contributed by atoms with Gasteiger partial charge in [0.1, 0.15) is 0 Å². The molecule has 0 saturated heterocycles. The monoisotopic (exact) mass is 303 g/mol. The summed E-state index contributed by atoms with van der Waals surface area (Å²) in [5.74, 6) is 0.718. The van der Waals surface area contributed by atoms with Crippen LogP contribution in [-0.4, -0.2) is 14.5 Å². The van der Waals surface area contributed by atoms with Crippen LogP contribution in [0.1, 0.15) is 11.3 Å². The minimum atomic E-state index is 0.718. The number of aromatic nitrogens is 3. The minimum absolute atomic E-state index is 0.718. The lowest BCUT2D eigenvalue weighted by Gasteiger charge is -2.09. The number of nitrogens with zero attached hydrogens (tertiary/aromatic N) is 3. The van der Waals surface area contributed by atoms with Crippen LogP contribution in [0.25, 0.3) is 10.9 Å². The van der Waals surface area contributed by atoms with Gasteiger partial charge in [-0.3, -0.25) is 4.98 Å². The first-order valence-electron chi connectivity index (χ1n) is 6.30. The minimum Gasteiger partial charge on any atom is -0.329 e. The largest absolute Gasteiger partial charge is 0.329 e. The molecule has 2 heterocycles. The van der Waals surface area contributed by atoms with Crippen LogP contribution in [0.3, 0.4) is 0 Å². The van der Waals surface area contributed by atoms with E-state index in [1.807, 2.05) is 42.9 Å². The number of benzene rings is 1. The maximum atomic E-state index is 6.45. The van der Waals surface area contributed by atoms with E-state index < -0.39 is 0 Å². The van der Waals surface area contributed by atoms with Crippen LogP contribution < -0.4 is 0 Å². The Balaban J connectivity index is 1.95. The van der Waals surface area contributed by atoms with Crippen molar-refractivity contribution < 1.29 is 0 Å². The zero-order valence-corrected chi connectivity index (χ0v) is 12.9. The van der Waals surface area contributed by atoms with Gasteiger partial charge in [0.2, 0.25) is 0 Å². The van der Waals surface area contributed by atoms with Gasteiger partial charge in [-0.05, 0) is 18.6 Å². The predicted octanol–water partition coefficient (Wildman–Crippen LogP) is 4.22. The van der Waals surface area contributed by atoms with Crippen molar-refractivity contribution >= 4 is 34.3 Å². The molecule has 5 heteroatoms. The molecule has 0 saturated carbocycles. The lowest BCUT2D eigenvalue weighted by atomic mass is 10.1. The van der Waals surface area contributed by atoms with Crippen LogP contribution in [0, 0.1) is 6.92 Å². The molecular weight excluding hydrogens is 290 g/mol. The molecule has 3 rings (SSSR count). The third-order valence-corrected chi connectivity index (χ3v) is 4.83. The average molecular weight is 304 g/mol.